The summed E-state index contributed by atoms with van der Waals surface area (Å²) < 4.78 is 68.4. The number of carbonyl (C=O) groups is 4. The Labute approximate surface area is 607 Å². The highest BCUT2D eigenvalue weighted by atomic mass is 31.2. The molecule has 0 aromatic heterocycles. The van der Waals surface area contributed by atoms with Crippen molar-refractivity contribution in [2.45, 2.75) is 341 Å². The first-order chi connectivity index (χ1) is 48.7. The quantitative estimate of drug-likeness (QED) is 0.0169. The van der Waals surface area contributed by atoms with Crippen LogP contribution in [0.3, 0.4) is 0 Å². The summed E-state index contributed by atoms with van der Waals surface area (Å²) in [6.07, 6.45) is 78.0. The van der Waals surface area contributed by atoms with Crippen LogP contribution in [0.4, 0.5) is 0 Å². The molecule has 0 aliphatic carbocycles. The molecule has 0 amide bonds. The number of carbonyl (C=O) groups excluding carboxylic acids is 4. The number of esters is 4. The molecular formula is C81H140O17P2. The first-order valence-corrected chi connectivity index (χ1v) is 42.1. The van der Waals surface area contributed by atoms with Crippen LogP contribution in [0.2, 0.25) is 0 Å². The predicted octanol–water partition coefficient (Wildman–Crippen LogP) is 22.6. The van der Waals surface area contributed by atoms with Gasteiger partial charge in [-0.1, -0.05) is 259 Å². The molecule has 0 fully saturated rings. The largest absolute Gasteiger partial charge is 0.472 e. The van der Waals surface area contributed by atoms with Gasteiger partial charge >= 0.3 is 39.5 Å². The molecule has 0 radical (unpaired) electrons. The number of phosphoric acid groups is 2. The summed E-state index contributed by atoms with van der Waals surface area (Å²) >= 11 is 0. The van der Waals surface area contributed by atoms with Crippen LogP contribution < -0.4 is 0 Å². The molecule has 2 unspecified atom stereocenters. The number of aliphatic hydroxyl groups excluding tert-OH is 1. The van der Waals surface area contributed by atoms with Gasteiger partial charge in [-0.15, -0.1) is 0 Å². The van der Waals surface area contributed by atoms with Gasteiger partial charge in [0, 0.05) is 25.7 Å². The summed E-state index contributed by atoms with van der Waals surface area (Å²) in [4.78, 5) is 72.8. The SMILES string of the molecule is CCCCC/C=C\C/C=C\C/C=C\C/C=C\C/C=C\CCC(=O)O[C@H](COC(=O)CCCCCCC/C=C\CCCCCC)COP(=O)(O)OC[C@H](O)COP(=O)(O)OC[C@@H](COC(=O)CCCCCCC/C=C\C/C=C\CCCCC)OC(=O)CCCCCCC/C=C\CCCCCC. The third kappa shape index (κ3) is 72.1. The molecular weight excluding hydrogens is 1310 g/mol. The minimum absolute atomic E-state index is 0.0310. The summed E-state index contributed by atoms with van der Waals surface area (Å²) in [5.41, 5.74) is 0. The maximum Gasteiger partial charge on any atom is 0.472 e. The van der Waals surface area contributed by atoms with Crippen molar-refractivity contribution in [3.8, 4) is 0 Å². The fourth-order valence-corrected chi connectivity index (χ4v) is 11.7. The van der Waals surface area contributed by atoms with Gasteiger partial charge in [0.25, 0.3) is 0 Å². The normalized spacial score (nSPS) is 14.5. The number of hydrogen-bond acceptors (Lipinski definition) is 15. The molecule has 3 N–H and O–H groups in total. The van der Waals surface area contributed by atoms with E-state index in [1.165, 1.54) is 89.9 Å². The van der Waals surface area contributed by atoms with E-state index in [-0.39, 0.29) is 25.7 Å². The van der Waals surface area contributed by atoms with Gasteiger partial charge in [-0.3, -0.25) is 37.3 Å². The van der Waals surface area contributed by atoms with E-state index in [1.54, 1.807) is 0 Å². The van der Waals surface area contributed by atoms with E-state index in [2.05, 4.69) is 119 Å². The highest BCUT2D eigenvalue weighted by Crippen LogP contribution is 2.45. The lowest BCUT2D eigenvalue weighted by Gasteiger charge is -2.21. The molecule has 0 aliphatic heterocycles. The van der Waals surface area contributed by atoms with Gasteiger partial charge in [0.2, 0.25) is 0 Å². The Balaban J connectivity index is 5.43. The topological polar surface area (TPSA) is 237 Å². The zero-order chi connectivity index (χ0) is 73.2. The minimum atomic E-state index is -5.00. The average molecular weight is 1450 g/mol. The number of phosphoric ester groups is 2. The van der Waals surface area contributed by atoms with Gasteiger partial charge in [0.15, 0.2) is 12.2 Å². The van der Waals surface area contributed by atoms with Gasteiger partial charge in [0.05, 0.1) is 26.4 Å². The molecule has 0 heterocycles. The van der Waals surface area contributed by atoms with Gasteiger partial charge < -0.3 is 33.8 Å². The Bertz CT molecular complexity index is 2320. The molecule has 0 saturated carbocycles. The van der Waals surface area contributed by atoms with E-state index in [4.69, 9.17) is 37.0 Å². The molecule has 0 spiro atoms. The molecule has 0 bridgehead atoms. The smallest absolute Gasteiger partial charge is 0.462 e. The maximum absolute atomic E-state index is 13.1. The minimum Gasteiger partial charge on any atom is -0.462 e. The number of hydrogen-bond donors (Lipinski definition) is 3. The number of allylic oxidation sites excluding steroid dienone is 18. The number of rotatable bonds is 73. The lowest BCUT2D eigenvalue weighted by Crippen LogP contribution is -2.30. The second-order valence-corrected chi connectivity index (χ2v) is 28.8. The lowest BCUT2D eigenvalue weighted by atomic mass is 10.1. The van der Waals surface area contributed by atoms with Crippen LogP contribution >= 0.6 is 15.6 Å². The van der Waals surface area contributed by atoms with Crippen molar-refractivity contribution in [2.24, 2.45) is 0 Å². The number of aliphatic hydroxyl groups is 1. The van der Waals surface area contributed by atoms with Crippen molar-refractivity contribution in [3.63, 3.8) is 0 Å². The van der Waals surface area contributed by atoms with E-state index in [1.807, 2.05) is 18.2 Å². The Morgan fingerprint density at radius 1 is 0.280 bits per heavy atom. The standard InChI is InChI=1S/C81H140O17P2/c1-5-9-13-17-21-25-29-33-35-36-37-38-40-44-48-52-56-60-64-68-81(86)98-77(71-91-78(83)65-61-57-53-49-45-41-31-27-23-19-15-11-7-3)74-96-100(89,90)94-70-75(82)69-93-99(87,88)95-73-76(97-80(85)67-63-59-55-51-47-42-32-28-24-20-16-12-8-4)72-92-79(84)66-62-58-54-50-46-43-39-34-30-26-22-18-14-10-6-2/h21-22,25-28,31-35,37-39,44,48,56,60,75-77,82H,5-20,23-24,29-30,36,40-43,45-47,49-55,57-59,61-74H2,1-4H3,(H,87,88)(H,89,90)/b25-21-,26-22-,31-27-,32-28-,35-33-,38-37-,39-34-,48-44-,60-56-/t75-,76-,77-/m1/s1. The Hall–Kier alpha value is -4.28. The summed E-state index contributed by atoms with van der Waals surface area (Å²) in [7, 11) is -9.98. The average Bonchev–Trinajstić information content (AvgIpc) is 0.929. The van der Waals surface area contributed by atoms with E-state index in [0.717, 1.165) is 148 Å². The third-order valence-corrected chi connectivity index (χ3v) is 18.1. The molecule has 5 atom stereocenters. The molecule has 100 heavy (non-hydrogen) atoms. The third-order valence-electron chi connectivity index (χ3n) is 16.2. The maximum atomic E-state index is 13.1. The molecule has 0 rings (SSSR count). The van der Waals surface area contributed by atoms with Crippen LogP contribution in [0.15, 0.2) is 109 Å². The highest BCUT2D eigenvalue weighted by molar-refractivity contribution is 7.47. The van der Waals surface area contributed by atoms with Crippen molar-refractivity contribution in [2.75, 3.05) is 39.6 Å². The van der Waals surface area contributed by atoms with Crippen LogP contribution in [-0.4, -0.2) is 96.7 Å². The fourth-order valence-electron chi connectivity index (χ4n) is 10.2. The Morgan fingerprint density at radius 3 is 0.840 bits per heavy atom. The van der Waals surface area contributed by atoms with Crippen molar-refractivity contribution in [1.29, 1.82) is 0 Å². The first-order valence-electron chi connectivity index (χ1n) is 39.1. The summed E-state index contributed by atoms with van der Waals surface area (Å²) in [5, 5.41) is 10.6. The highest BCUT2D eigenvalue weighted by Gasteiger charge is 2.30. The molecule has 0 saturated heterocycles. The van der Waals surface area contributed by atoms with Crippen LogP contribution in [0.5, 0.6) is 0 Å². The van der Waals surface area contributed by atoms with Crippen LogP contribution in [0.25, 0.3) is 0 Å². The van der Waals surface area contributed by atoms with E-state index < -0.39 is 97.5 Å². The van der Waals surface area contributed by atoms with E-state index in [9.17, 15) is 43.2 Å². The first kappa shape index (κ1) is 95.7. The second kappa shape index (κ2) is 73.0. The zero-order valence-electron chi connectivity index (χ0n) is 62.8. The molecule has 0 aromatic rings. The van der Waals surface area contributed by atoms with Crippen LogP contribution in [0, 0.1) is 0 Å². The molecule has 0 aromatic carbocycles. The number of ether oxygens (including phenoxy) is 4. The molecule has 576 valence electrons. The molecule has 17 nitrogen and oxygen atoms in total. The van der Waals surface area contributed by atoms with Gasteiger partial charge in [-0.2, -0.15) is 0 Å². The van der Waals surface area contributed by atoms with E-state index in [0.29, 0.717) is 32.1 Å². The van der Waals surface area contributed by atoms with Gasteiger partial charge in [-0.05, 0) is 148 Å². The van der Waals surface area contributed by atoms with Crippen molar-refractivity contribution < 1.29 is 80.2 Å². The Morgan fingerprint density at radius 2 is 0.510 bits per heavy atom. The molecule has 19 heteroatoms. The lowest BCUT2D eigenvalue weighted by molar-refractivity contribution is -0.161. The van der Waals surface area contributed by atoms with Crippen molar-refractivity contribution >= 4 is 39.5 Å². The van der Waals surface area contributed by atoms with Crippen LogP contribution in [0.1, 0.15) is 323 Å². The van der Waals surface area contributed by atoms with Gasteiger partial charge in [0.1, 0.15) is 19.3 Å². The van der Waals surface area contributed by atoms with Crippen molar-refractivity contribution in [1.82, 2.24) is 0 Å². The Kier molecular flexibility index (Phi) is 69.9. The zero-order valence-corrected chi connectivity index (χ0v) is 64.6. The fraction of sp³-hybridized carbons (Fsp3) is 0.728. The second-order valence-electron chi connectivity index (χ2n) is 25.9. The van der Waals surface area contributed by atoms with Gasteiger partial charge in [-0.25, -0.2) is 9.13 Å². The summed E-state index contributed by atoms with van der Waals surface area (Å²) in [5.74, 6) is -2.30. The van der Waals surface area contributed by atoms with E-state index >= 15 is 0 Å². The monoisotopic (exact) mass is 1450 g/mol. The predicted molar refractivity (Wildman–Crippen MR) is 408 cm³/mol. The summed E-state index contributed by atoms with van der Waals surface area (Å²) in [6.45, 7) is 4.68. The molecule has 0 aliphatic rings. The summed E-state index contributed by atoms with van der Waals surface area (Å²) in [6, 6.07) is 0. The van der Waals surface area contributed by atoms with Crippen molar-refractivity contribution in [3.05, 3.63) is 109 Å². The van der Waals surface area contributed by atoms with Crippen LogP contribution in [-0.2, 0) is 65.4 Å². The number of unbranched alkanes of at least 4 members (excludes halogenated alkanes) is 29.